The lowest BCUT2D eigenvalue weighted by atomic mass is 9.99. The fraction of sp³-hybridized carbons (Fsp3) is 0.600. The molecule has 0 amide bonds. The summed E-state index contributed by atoms with van der Waals surface area (Å²) in [6.07, 6.45) is 1.95. The first-order valence-electron chi connectivity index (χ1n) is 7.35. The van der Waals surface area contributed by atoms with Crippen LogP contribution in [0.1, 0.15) is 26.7 Å². The van der Waals surface area contributed by atoms with E-state index in [1.54, 1.807) is 18.2 Å². The summed E-state index contributed by atoms with van der Waals surface area (Å²) in [5, 5.41) is 14.6. The molecule has 1 saturated heterocycles. The second kappa shape index (κ2) is 7.26. The number of hydrogen-bond donors (Lipinski definition) is 1. The molecule has 1 N–H and O–H groups in total. The van der Waals surface area contributed by atoms with Crippen molar-refractivity contribution in [1.29, 1.82) is 0 Å². The van der Waals surface area contributed by atoms with Crippen molar-refractivity contribution in [1.82, 2.24) is 5.32 Å². The predicted molar refractivity (Wildman–Crippen MR) is 79.9 cm³/mol. The van der Waals surface area contributed by atoms with E-state index >= 15 is 0 Å². The molecule has 1 aliphatic rings. The van der Waals surface area contributed by atoms with Crippen molar-refractivity contribution in [3.05, 3.63) is 28.3 Å². The van der Waals surface area contributed by atoms with Gasteiger partial charge < -0.3 is 14.8 Å². The van der Waals surface area contributed by atoms with E-state index < -0.39 is 4.92 Å². The molecule has 0 saturated carbocycles. The van der Waals surface area contributed by atoms with E-state index in [9.17, 15) is 10.1 Å². The van der Waals surface area contributed by atoms with Gasteiger partial charge in [-0.2, -0.15) is 0 Å². The highest BCUT2D eigenvalue weighted by Gasteiger charge is 2.24. The monoisotopic (exact) mass is 294 g/mol. The van der Waals surface area contributed by atoms with Gasteiger partial charge in [0.1, 0.15) is 0 Å². The molecule has 0 spiro atoms. The van der Waals surface area contributed by atoms with Crippen LogP contribution in [0.15, 0.2) is 18.2 Å². The van der Waals surface area contributed by atoms with Gasteiger partial charge in [0.25, 0.3) is 0 Å². The minimum absolute atomic E-state index is 0.0832. The summed E-state index contributed by atoms with van der Waals surface area (Å²) in [5.41, 5.74) is -0.0832. The van der Waals surface area contributed by atoms with E-state index in [0.29, 0.717) is 12.5 Å². The Balaban J connectivity index is 2.11. The number of piperidine rings is 1. The average Bonchev–Trinajstić information content (AvgIpc) is 2.45. The third-order valence-electron chi connectivity index (χ3n) is 3.44. The fourth-order valence-electron chi connectivity index (χ4n) is 2.40. The Labute approximate surface area is 124 Å². The van der Waals surface area contributed by atoms with Gasteiger partial charge >= 0.3 is 5.69 Å². The van der Waals surface area contributed by atoms with Gasteiger partial charge in [-0.1, -0.05) is 6.07 Å². The van der Waals surface area contributed by atoms with Gasteiger partial charge in [-0.25, -0.2) is 0 Å². The van der Waals surface area contributed by atoms with Gasteiger partial charge in [-0.05, 0) is 57.8 Å². The van der Waals surface area contributed by atoms with Crippen LogP contribution in [-0.4, -0.2) is 30.7 Å². The lowest BCUT2D eigenvalue weighted by Gasteiger charge is -2.22. The zero-order valence-corrected chi connectivity index (χ0v) is 12.5. The van der Waals surface area contributed by atoms with E-state index in [0.717, 1.165) is 25.9 Å². The maximum absolute atomic E-state index is 11.3. The van der Waals surface area contributed by atoms with Gasteiger partial charge in [-0.15, -0.1) is 0 Å². The number of benzene rings is 1. The molecular formula is C15H22N2O4. The summed E-state index contributed by atoms with van der Waals surface area (Å²) in [5.74, 6) is 0.995. The molecule has 1 fully saturated rings. The van der Waals surface area contributed by atoms with Crippen molar-refractivity contribution in [3.63, 3.8) is 0 Å². The summed E-state index contributed by atoms with van der Waals surface area (Å²) < 4.78 is 11.2. The molecule has 0 aromatic heterocycles. The molecule has 0 bridgehead atoms. The highest BCUT2D eigenvalue weighted by Crippen LogP contribution is 2.37. The Kier molecular flexibility index (Phi) is 5.38. The largest absolute Gasteiger partial charge is 0.486 e. The van der Waals surface area contributed by atoms with Crippen molar-refractivity contribution >= 4 is 5.69 Å². The molecule has 6 nitrogen and oxygen atoms in total. The normalized spacial score (nSPS) is 16.0. The number of nitrogens with one attached hydrogen (secondary N) is 1. The first kappa shape index (κ1) is 15.6. The van der Waals surface area contributed by atoms with Crippen LogP contribution in [0.3, 0.4) is 0 Å². The van der Waals surface area contributed by atoms with Gasteiger partial charge in [-0.3, -0.25) is 10.1 Å². The van der Waals surface area contributed by atoms with Gasteiger partial charge in [0.05, 0.1) is 17.6 Å². The SMILES string of the molecule is CC(C)Oc1cccc(OCC2CCNCC2)c1[N+](=O)[O-]. The van der Waals surface area contributed by atoms with Crippen LogP contribution >= 0.6 is 0 Å². The van der Waals surface area contributed by atoms with Crippen LogP contribution in [0.5, 0.6) is 11.5 Å². The Morgan fingerprint density at radius 3 is 2.62 bits per heavy atom. The quantitative estimate of drug-likeness (QED) is 0.645. The molecule has 0 aliphatic carbocycles. The number of nitrogens with zero attached hydrogens (tertiary/aromatic N) is 1. The average molecular weight is 294 g/mol. The highest BCUT2D eigenvalue weighted by atomic mass is 16.6. The Morgan fingerprint density at radius 1 is 1.33 bits per heavy atom. The second-order valence-corrected chi connectivity index (χ2v) is 5.53. The molecule has 1 aromatic rings. The van der Waals surface area contributed by atoms with Crippen LogP contribution < -0.4 is 14.8 Å². The van der Waals surface area contributed by atoms with Gasteiger partial charge in [0, 0.05) is 0 Å². The van der Waals surface area contributed by atoms with Crippen molar-refractivity contribution in [2.75, 3.05) is 19.7 Å². The summed E-state index contributed by atoms with van der Waals surface area (Å²) in [6.45, 7) is 6.14. The molecule has 21 heavy (non-hydrogen) atoms. The van der Waals surface area contributed by atoms with Crippen molar-refractivity contribution in [2.45, 2.75) is 32.8 Å². The number of ether oxygens (including phenoxy) is 2. The Morgan fingerprint density at radius 2 is 2.00 bits per heavy atom. The molecule has 0 radical (unpaired) electrons. The van der Waals surface area contributed by atoms with Gasteiger partial charge in [0.15, 0.2) is 0 Å². The molecular weight excluding hydrogens is 272 g/mol. The van der Waals surface area contributed by atoms with E-state index in [-0.39, 0.29) is 23.3 Å². The predicted octanol–water partition coefficient (Wildman–Crippen LogP) is 2.76. The fourth-order valence-corrected chi connectivity index (χ4v) is 2.40. The summed E-state index contributed by atoms with van der Waals surface area (Å²) in [7, 11) is 0. The summed E-state index contributed by atoms with van der Waals surface area (Å²) >= 11 is 0. The van der Waals surface area contributed by atoms with Crippen LogP contribution in [0.4, 0.5) is 5.69 Å². The minimum Gasteiger partial charge on any atom is -0.486 e. The first-order chi connectivity index (χ1) is 10.1. The molecule has 0 unspecified atom stereocenters. The third kappa shape index (κ3) is 4.32. The van der Waals surface area contributed by atoms with Crippen LogP contribution in [-0.2, 0) is 0 Å². The zero-order valence-electron chi connectivity index (χ0n) is 12.5. The molecule has 0 atom stereocenters. The highest BCUT2D eigenvalue weighted by molar-refractivity contribution is 5.57. The zero-order chi connectivity index (χ0) is 15.2. The molecule has 6 heteroatoms. The third-order valence-corrected chi connectivity index (χ3v) is 3.44. The number of nitro groups is 1. The smallest absolute Gasteiger partial charge is 0.352 e. The lowest BCUT2D eigenvalue weighted by molar-refractivity contribution is -0.387. The Bertz CT molecular complexity index is 485. The maximum atomic E-state index is 11.3. The van der Waals surface area contributed by atoms with Crippen molar-refractivity contribution in [2.24, 2.45) is 5.92 Å². The molecule has 2 rings (SSSR count). The number of para-hydroxylation sites is 1. The molecule has 1 aliphatic heterocycles. The maximum Gasteiger partial charge on any atom is 0.352 e. The van der Waals surface area contributed by atoms with Crippen molar-refractivity contribution < 1.29 is 14.4 Å². The standard InChI is InChI=1S/C15H22N2O4/c1-11(2)21-14-5-3-4-13(15(14)17(18)19)20-10-12-6-8-16-9-7-12/h3-5,11-12,16H,6-10H2,1-2H3. The first-order valence-corrected chi connectivity index (χ1v) is 7.35. The van der Waals surface area contributed by atoms with Crippen LogP contribution in [0, 0.1) is 16.0 Å². The van der Waals surface area contributed by atoms with Crippen LogP contribution in [0.25, 0.3) is 0 Å². The number of hydrogen-bond acceptors (Lipinski definition) is 5. The van der Waals surface area contributed by atoms with Crippen LogP contribution in [0.2, 0.25) is 0 Å². The molecule has 1 heterocycles. The topological polar surface area (TPSA) is 73.6 Å². The van der Waals surface area contributed by atoms with E-state index in [4.69, 9.17) is 9.47 Å². The number of nitro benzene ring substituents is 1. The number of rotatable bonds is 6. The second-order valence-electron chi connectivity index (χ2n) is 5.53. The Hall–Kier alpha value is -1.82. The van der Waals surface area contributed by atoms with E-state index in [2.05, 4.69) is 5.32 Å². The van der Waals surface area contributed by atoms with Gasteiger partial charge in [0.2, 0.25) is 11.5 Å². The molecule has 116 valence electrons. The lowest BCUT2D eigenvalue weighted by Crippen LogP contribution is -2.30. The van der Waals surface area contributed by atoms with E-state index in [1.165, 1.54) is 0 Å². The summed E-state index contributed by atoms with van der Waals surface area (Å²) in [4.78, 5) is 10.9. The van der Waals surface area contributed by atoms with E-state index in [1.807, 2.05) is 13.8 Å². The molecule has 1 aromatic carbocycles. The minimum atomic E-state index is -0.435. The van der Waals surface area contributed by atoms with Crippen molar-refractivity contribution in [3.8, 4) is 11.5 Å². The summed E-state index contributed by atoms with van der Waals surface area (Å²) in [6, 6.07) is 4.96.